The van der Waals surface area contributed by atoms with Gasteiger partial charge in [0.25, 0.3) is 0 Å². The molecular weight excluding hydrogens is 290 g/mol. The van der Waals surface area contributed by atoms with Gasteiger partial charge in [0.1, 0.15) is 0 Å². The standard InChI is InChI=1S/C18H37N3O2/c1-2-10-20(9-1)13-5-15-22-17-7-19-8-18-23-16-6-14-21-11-3-4-12-21/h19H,1-18H2. The van der Waals surface area contributed by atoms with Gasteiger partial charge in [-0.2, -0.15) is 0 Å². The first-order valence-electron chi connectivity index (χ1n) is 9.76. The van der Waals surface area contributed by atoms with Crippen molar-refractivity contribution in [1.29, 1.82) is 0 Å². The highest BCUT2D eigenvalue weighted by Crippen LogP contribution is 2.07. The Balaban J connectivity index is 1.22. The van der Waals surface area contributed by atoms with Crippen LogP contribution in [0, 0.1) is 0 Å². The smallest absolute Gasteiger partial charge is 0.0590 e. The molecule has 2 heterocycles. The maximum atomic E-state index is 5.66. The molecule has 5 heteroatoms. The summed E-state index contributed by atoms with van der Waals surface area (Å²) in [6.07, 6.45) is 7.85. The van der Waals surface area contributed by atoms with Crippen molar-refractivity contribution in [2.75, 3.05) is 78.8 Å². The number of hydrogen-bond donors (Lipinski definition) is 1. The number of likely N-dealkylation sites (tertiary alicyclic amines) is 2. The fourth-order valence-electron chi connectivity index (χ4n) is 3.41. The number of ether oxygens (including phenoxy) is 2. The summed E-state index contributed by atoms with van der Waals surface area (Å²) in [6.45, 7) is 12.9. The van der Waals surface area contributed by atoms with E-state index in [4.69, 9.17) is 9.47 Å². The molecule has 0 amide bonds. The van der Waals surface area contributed by atoms with E-state index < -0.39 is 0 Å². The normalized spacial score (nSPS) is 19.8. The quantitative estimate of drug-likeness (QED) is 0.490. The Bertz CT molecular complexity index is 241. The van der Waals surface area contributed by atoms with Crippen molar-refractivity contribution in [3.8, 4) is 0 Å². The maximum absolute atomic E-state index is 5.66. The molecule has 2 aliphatic rings. The highest BCUT2D eigenvalue weighted by Gasteiger charge is 2.10. The molecule has 0 atom stereocenters. The van der Waals surface area contributed by atoms with E-state index in [1.54, 1.807) is 0 Å². The summed E-state index contributed by atoms with van der Waals surface area (Å²) in [5.74, 6) is 0. The minimum Gasteiger partial charge on any atom is -0.380 e. The Hall–Kier alpha value is -0.200. The predicted molar refractivity (Wildman–Crippen MR) is 95.1 cm³/mol. The molecule has 0 aromatic rings. The SMILES string of the molecule is C1CCN(CCCOCCNCCOCCCN2CCCC2)C1. The zero-order chi connectivity index (χ0) is 16.0. The third kappa shape index (κ3) is 9.62. The van der Waals surface area contributed by atoms with Gasteiger partial charge in [-0.15, -0.1) is 0 Å². The molecular formula is C18H37N3O2. The number of hydrogen-bond acceptors (Lipinski definition) is 5. The fourth-order valence-corrected chi connectivity index (χ4v) is 3.41. The first kappa shape index (κ1) is 19.1. The van der Waals surface area contributed by atoms with Gasteiger partial charge in [0.2, 0.25) is 0 Å². The van der Waals surface area contributed by atoms with Crippen molar-refractivity contribution >= 4 is 0 Å². The monoisotopic (exact) mass is 327 g/mol. The third-order valence-corrected chi connectivity index (χ3v) is 4.77. The molecule has 1 N–H and O–H groups in total. The molecule has 0 unspecified atom stereocenters. The van der Waals surface area contributed by atoms with Crippen LogP contribution in [-0.4, -0.2) is 88.6 Å². The number of nitrogens with zero attached hydrogens (tertiary/aromatic N) is 2. The Morgan fingerprint density at radius 3 is 1.48 bits per heavy atom. The molecule has 0 aromatic carbocycles. The van der Waals surface area contributed by atoms with Crippen molar-refractivity contribution in [3.05, 3.63) is 0 Å². The zero-order valence-electron chi connectivity index (χ0n) is 14.9. The van der Waals surface area contributed by atoms with E-state index in [1.165, 1.54) is 77.8 Å². The van der Waals surface area contributed by atoms with Gasteiger partial charge in [0.05, 0.1) is 13.2 Å². The molecule has 2 aliphatic heterocycles. The Morgan fingerprint density at radius 2 is 1.04 bits per heavy atom. The first-order valence-corrected chi connectivity index (χ1v) is 9.76. The summed E-state index contributed by atoms with van der Waals surface area (Å²) >= 11 is 0. The van der Waals surface area contributed by atoms with Gasteiger partial charge in [-0.3, -0.25) is 0 Å². The van der Waals surface area contributed by atoms with Gasteiger partial charge in [0, 0.05) is 39.4 Å². The van der Waals surface area contributed by atoms with E-state index in [-0.39, 0.29) is 0 Å². The summed E-state index contributed by atoms with van der Waals surface area (Å²) < 4.78 is 11.3. The molecule has 0 aromatic heterocycles. The van der Waals surface area contributed by atoms with Crippen LogP contribution in [0.4, 0.5) is 0 Å². The van der Waals surface area contributed by atoms with E-state index in [1.807, 2.05) is 0 Å². The van der Waals surface area contributed by atoms with Crippen LogP contribution in [0.1, 0.15) is 38.5 Å². The summed E-state index contributed by atoms with van der Waals surface area (Å²) in [6, 6.07) is 0. The molecule has 5 nitrogen and oxygen atoms in total. The van der Waals surface area contributed by atoms with Crippen molar-refractivity contribution in [3.63, 3.8) is 0 Å². The Morgan fingerprint density at radius 1 is 0.609 bits per heavy atom. The fraction of sp³-hybridized carbons (Fsp3) is 1.00. The minimum absolute atomic E-state index is 0.814. The predicted octanol–water partition coefficient (Wildman–Crippen LogP) is 1.58. The van der Waals surface area contributed by atoms with Crippen molar-refractivity contribution in [2.24, 2.45) is 0 Å². The largest absolute Gasteiger partial charge is 0.380 e. The molecule has 2 fully saturated rings. The van der Waals surface area contributed by atoms with Gasteiger partial charge in [0.15, 0.2) is 0 Å². The lowest BCUT2D eigenvalue weighted by Gasteiger charge is -2.14. The molecule has 2 saturated heterocycles. The summed E-state index contributed by atoms with van der Waals surface area (Å²) in [4.78, 5) is 5.09. The van der Waals surface area contributed by atoms with E-state index in [2.05, 4.69) is 15.1 Å². The topological polar surface area (TPSA) is 37.0 Å². The van der Waals surface area contributed by atoms with Gasteiger partial charge < -0.3 is 24.6 Å². The number of nitrogens with one attached hydrogen (secondary N) is 1. The summed E-state index contributed by atoms with van der Waals surface area (Å²) in [5.41, 5.74) is 0. The van der Waals surface area contributed by atoms with Crippen LogP contribution in [0.5, 0.6) is 0 Å². The van der Waals surface area contributed by atoms with Gasteiger partial charge in [-0.25, -0.2) is 0 Å². The summed E-state index contributed by atoms with van der Waals surface area (Å²) in [7, 11) is 0. The lowest BCUT2D eigenvalue weighted by Crippen LogP contribution is -2.26. The zero-order valence-corrected chi connectivity index (χ0v) is 14.9. The minimum atomic E-state index is 0.814. The van der Waals surface area contributed by atoms with Gasteiger partial charge in [-0.1, -0.05) is 0 Å². The highest BCUT2D eigenvalue weighted by atomic mass is 16.5. The molecule has 0 saturated carbocycles. The van der Waals surface area contributed by atoms with E-state index in [0.29, 0.717) is 0 Å². The molecule has 2 rings (SSSR count). The molecule has 0 spiro atoms. The van der Waals surface area contributed by atoms with E-state index in [0.717, 1.165) is 39.5 Å². The number of rotatable bonds is 14. The van der Waals surface area contributed by atoms with Crippen LogP contribution in [-0.2, 0) is 9.47 Å². The molecule has 0 aliphatic carbocycles. The average molecular weight is 328 g/mol. The van der Waals surface area contributed by atoms with E-state index in [9.17, 15) is 0 Å². The van der Waals surface area contributed by atoms with Crippen LogP contribution >= 0.6 is 0 Å². The van der Waals surface area contributed by atoms with Crippen LogP contribution in [0.25, 0.3) is 0 Å². The van der Waals surface area contributed by atoms with Crippen molar-refractivity contribution in [2.45, 2.75) is 38.5 Å². The lowest BCUT2D eigenvalue weighted by atomic mass is 10.4. The van der Waals surface area contributed by atoms with E-state index >= 15 is 0 Å². The van der Waals surface area contributed by atoms with Crippen LogP contribution in [0.2, 0.25) is 0 Å². The second-order valence-electron chi connectivity index (χ2n) is 6.78. The Kier molecular flexibility index (Phi) is 10.9. The van der Waals surface area contributed by atoms with Gasteiger partial charge >= 0.3 is 0 Å². The van der Waals surface area contributed by atoms with Crippen molar-refractivity contribution < 1.29 is 9.47 Å². The molecule has 0 radical (unpaired) electrons. The summed E-state index contributed by atoms with van der Waals surface area (Å²) in [5, 5.41) is 3.38. The molecule has 136 valence electrons. The van der Waals surface area contributed by atoms with Gasteiger partial charge in [-0.05, 0) is 64.7 Å². The Labute approximate surface area is 142 Å². The second-order valence-corrected chi connectivity index (χ2v) is 6.78. The highest BCUT2D eigenvalue weighted by molar-refractivity contribution is 4.66. The molecule has 0 bridgehead atoms. The lowest BCUT2D eigenvalue weighted by molar-refractivity contribution is 0.112. The van der Waals surface area contributed by atoms with Crippen LogP contribution in [0.3, 0.4) is 0 Å². The molecule has 23 heavy (non-hydrogen) atoms. The first-order chi connectivity index (χ1) is 11.4. The van der Waals surface area contributed by atoms with Crippen LogP contribution in [0.15, 0.2) is 0 Å². The second kappa shape index (κ2) is 13.1. The maximum Gasteiger partial charge on any atom is 0.0590 e. The van der Waals surface area contributed by atoms with Crippen molar-refractivity contribution in [1.82, 2.24) is 15.1 Å². The average Bonchev–Trinajstić information content (AvgIpc) is 3.25. The third-order valence-electron chi connectivity index (χ3n) is 4.77. The van der Waals surface area contributed by atoms with Crippen LogP contribution < -0.4 is 5.32 Å².